The fraction of sp³-hybridized carbons (Fsp3) is 0.333. The van der Waals surface area contributed by atoms with Crippen molar-refractivity contribution in [2.24, 2.45) is 0 Å². The molecular weight excluding hydrogens is 421 g/mol. The van der Waals surface area contributed by atoms with Gasteiger partial charge in [0, 0.05) is 49.1 Å². The zero-order valence-corrected chi connectivity index (χ0v) is 17.6. The Kier molecular flexibility index (Phi) is 6.90. The van der Waals surface area contributed by atoms with Crippen LogP contribution >= 0.6 is 11.8 Å². The van der Waals surface area contributed by atoms with Crippen LogP contribution in [0.4, 0.5) is 10.1 Å². The van der Waals surface area contributed by atoms with E-state index in [1.807, 2.05) is 4.57 Å². The highest BCUT2D eigenvalue weighted by Crippen LogP contribution is 2.29. The lowest BCUT2D eigenvalue weighted by molar-refractivity contribution is -0.385. The third-order valence-corrected chi connectivity index (χ3v) is 6.12. The molecule has 4 rings (SSSR count). The van der Waals surface area contributed by atoms with Crippen molar-refractivity contribution >= 4 is 17.4 Å². The molecule has 1 saturated heterocycles. The van der Waals surface area contributed by atoms with E-state index in [1.165, 1.54) is 30.0 Å². The van der Waals surface area contributed by atoms with Crippen LogP contribution < -0.4 is 0 Å². The van der Waals surface area contributed by atoms with Crippen molar-refractivity contribution < 1.29 is 14.1 Å². The van der Waals surface area contributed by atoms with Gasteiger partial charge in [-0.1, -0.05) is 30.0 Å². The summed E-state index contributed by atoms with van der Waals surface area (Å²) in [6.45, 7) is 4.62. The van der Waals surface area contributed by atoms with Crippen LogP contribution in [0, 0.1) is 15.9 Å². The van der Waals surface area contributed by atoms with Crippen LogP contribution in [0.2, 0.25) is 0 Å². The predicted molar refractivity (Wildman–Crippen MR) is 115 cm³/mol. The molecule has 0 amide bonds. The summed E-state index contributed by atoms with van der Waals surface area (Å²) in [6, 6.07) is 12.9. The number of halogens is 1. The van der Waals surface area contributed by atoms with E-state index in [2.05, 4.69) is 15.1 Å². The normalized spacial score (nSPS) is 14.6. The van der Waals surface area contributed by atoms with E-state index in [4.69, 9.17) is 4.74 Å². The second-order valence-electron chi connectivity index (χ2n) is 7.09. The molecular formula is C21H22FN5O3S. The number of rotatable bonds is 8. The number of para-hydroxylation sites is 1. The standard InChI is InChI=1S/C21H22FN5O3S/c22-18-7-5-16(6-8-18)20-23-24-21(26(20)10-9-25-11-13-30-14-12-25)31-15-17-3-1-2-4-19(17)27(28)29/h1-8H,9-15H2. The second kappa shape index (κ2) is 9.99. The highest BCUT2D eigenvalue weighted by molar-refractivity contribution is 7.98. The number of nitro benzene ring substituents is 1. The molecule has 0 N–H and O–H groups in total. The van der Waals surface area contributed by atoms with Gasteiger partial charge in [0.25, 0.3) is 5.69 Å². The number of hydrogen-bond donors (Lipinski definition) is 0. The summed E-state index contributed by atoms with van der Waals surface area (Å²) in [5.41, 5.74) is 1.49. The molecule has 2 heterocycles. The molecule has 1 fully saturated rings. The van der Waals surface area contributed by atoms with E-state index < -0.39 is 0 Å². The van der Waals surface area contributed by atoms with Gasteiger partial charge in [0.15, 0.2) is 11.0 Å². The summed E-state index contributed by atoms with van der Waals surface area (Å²) >= 11 is 1.40. The van der Waals surface area contributed by atoms with Crippen molar-refractivity contribution in [3.63, 3.8) is 0 Å². The van der Waals surface area contributed by atoms with Crippen LogP contribution in [0.5, 0.6) is 0 Å². The smallest absolute Gasteiger partial charge is 0.273 e. The average molecular weight is 444 g/mol. The van der Waals surface area contributed by atoms with Crippen LogP contribution in [0.3, 0.4) is 0 Å². The van der Waals surface area contributed by atoms with Crippen molar-refractivity contribution in [1.82, 2.24) is 19.7 Å². The van der Waals surface area contributed by atoms with Gasteiger partial charge >= 0.3 is 0 Å². The summed E-state index contributed by atoms with van der Waals surface area (Å²) in [5, 5.41) is 20.7. The number of nitro groups is 1. The Morgan fingerprint density at radius 2 is 1.81 bits per heavy atom. The maximum absolute atomic E-state index is 13.4. The monoisotopic (exact) mass is 443 g/mol. The molecule has 31 heavy (non-hydrogen) atoms. The van der Waals surface area contributed by atoms with Crippen molar-refractivity contribution in [2.75, 3.05) is 32.8 Å². The Balaban J connectivity index is 1.57. The average Bonchev–Trinajstić information content (AvgIpc) is 3.20. The first-order chi connectivity index (χ1) is 15.1. The highest BCUT2D eigenvalue weighted by Gasteiger charge is 2.19. The Labute approximate surface area is 183 Å². The van der Waals surface area contributed by atoms with Gasteiger partial charge in [-0.15, -0.1) is 10.2 Å². The summed E-state index contributed by atoms with van der Waals surface area (Å²) in [4.78, 5) is 13.3. The number of benzene rings is 2. The summed E-state index contributed by atoms with van der Waals surface area (Å²) in [7, 11) is 0. The van der Waals surface area contributed by atoms with Gasteiger partial charge in [0.2, 0.25) is 0 Å². The van der Waals surface area contributed by atoms with Crippen molar-refractivity contribution in [3.05, 3.63) is 70.0 Å². The fourth-order valence-corrected chi connectivity index (χ4v) is 4.39. The second-order valence-corrected chi connectivity index (χ2v) is 8.04. The minimum absolute atomic E-state index is 0.0909. The quantitative estimate of drug-likeness (QED) is 0.299. The number of morpholine rings is 1. The van der Waals surface area contributed by atoms with Gasteiger partial charge in [-0.2, -0.15) is 0 Å². The van der Waals surface area contributed by atoms with E-state index in [0.717, 1.165) is 25.2 Å². The molecule has 8 nitrogen and oxygen atoms in total. The van der Waals surface area contributed by atoms with E-state index in [9.17, 15) is 14.5 Å². The van der Waals surface area contributed by atoms with Gasteiger partial charge < -0.3 is 9.30 Å². The van der Waals surface area contributed by atoms with Gasteiger partial charge in [-0.25, -0.2) is 4.39 Å². The van der Waals surface area contributed by atoms with Crippen LogP contribution in [-0.2, 0) is 17.0 Å². The van der Waals surface area contributed by atoms with Crippen molar-refractivity contribution in [3.8, 4) is 11.4 Å². The van der Waals surface area contributed by atoms with E-state index in [1.54, 1.807) is 30.3 Å². The first kappa shape index (κ1) is 21.4. The zero-order valence-electron chi connectivity index (χ0n) is 16.8. The lowest BCUT2D eigenvalue weighted by Crippen LogP contribution is -2.38. The lowest BCUT2D eigenvalue weighted by Gasteiger charge is -2.27. The Bertz CT molecular complexity index is 1040. The molecule has 0 aliphatic carbocycles. The molecule has 0 spiro atoms. The van der Waals surface area contributed by atoms with Gasteiger partial charge in [-0.3, -0.25) is 15.0 Å². The van der Waals surface area contributed by atoms with Crippen LogP contribution in [-0.4, -0.2) is 57.4 Å². The third-order valence-electron chi connectivity index (χ3n) is 5.11. The summed E-state index contributed by atoms with van der Waals surface area (Å²) < 4.78 is 20.8. The minimum Gasteiger partial charge on any atom is -0.379 e. The first-order valence-electron chi connectivity index (χ1n) is 9.96. The molecule has 0 unspecified atom stereocenters. The topological polar surface area (TPSA) is 86.3 Å². The Morgan fingerprint density at radius 3 is 2.55 bits per heavy atom. The molecule has 10 heteroatoms. The highest BCUT2D eigenvalue weighted by atomic mass is 32.2. The van der Waals surface area contributed by atoms with E-state index in [0.29, 0.717) is 42.1 Å². The number of thioether (sulfide) groups is 1. The van der Waals surface area contributed by atoms with E-state index in [-0.39, 0.29) is 16.4 Å². The first-order valence-corrected chi connectivity index (χ1v) is 10.9. The molecule has 2 aromatic carbocycles. The molecule has 0 atom stereocenters. The SMILES string of the molecule is O=[N+]([O-])c1ccccc1CSc1nnc(-c2ccc(F)cc2)n1CCN1CCOCC1. The van der Waals surface area contributed by atoms with Crippen LogP contribution in [0.1, 0.15) is 5.56 Å². The molecule has 1 aliphatic rings. The molecule has 1 aromatic heterocycles. The van der Waals surface area contributed by atoms with Crippen LogP contribution in [0.25, 0.3) is 11.4 Å². The maximum atomic E-state index is 13.4. The molecule has 3 aromatic rings. The number of aromatic nitrogens is 3. The Hall–Kier alpha value is -2.82. The molecule has 162 valence electrons. The number of ether oxygens (including phenoxy) is 1. The summed E-state index contributed by atoms with van der Waals surface area (Å²) in [6.07, 6.45) is 0. The summed E-state index contributed by atoms with van der Waals surface area (Å²) in [5.74, 6) is 0.739. The van der Waals surface area contributed by atoms with Crippen molar-refractivity contribution in [1.29, 1.82) is 0 Å². The lowest BCUT2D eigenvalue weighted by atomic mass is 10.2. The zero-order chi connectivity index (χ0) is 21.6. The minimum atomic E-state index is -0.372. The fourth-order valence-electron chi connectivity index (χ4n) is 3.43. The van der Waals surface area contributed by atoms with Crippen LogP contribution in [0.15, 0.2) is 53.7 Å². The van der Waals surface area contributed by atoms with E-state index >= 15 is 0 Å². The molecule has 1 aliphatic heterocycles. The molecule has 0 saturated carbocycles. The largest absolute Gasteiger partial charge is 0.379 e. The molecule has 0 radical (unpaired) electrons. The number of hydrogen-bond acceptors (Lipinski definition) is 7. The number of nitrogens with zero attached hydrogens (tertiary/aromatic N) is 5. The van der Waals surface area contributed by atoms with Gasteiger partial charge in [0.1, 0.15) is 5.82 Å². The van der Waals surface area contributed by atoms with Gasteiger partial charge in [-0.05, 0) is 24.3 Å². The van der Waals surface area contributed by atoms with Gasteiger partial charge in [0.05, 0.1) is 18.1 Å². The third kappa shape index (κ3) is 5.27. The maximum Gasteiger partial charge on any atom is 0.273 e. The Morgan fingerprint density at radius 1 is 1.06 bits per heavy atom. The predicted octanol–water partition coefficient (Wildman–Crippen LogP) is 3.62. The molecule has 0 bridgehead atoms. The van der Waals surface area contributed by atoms with Crippen molar-refractivity contribution in [2.45, 2.75) is 17.5 Å².